The van der Waals surface area contributed by atoms with E-state index < -0.39 is 0 Å². The van der Waals surface area contributed by atoms with Crippen molar-refractivity contribution in [2.24, 2.45) is 0 Å². The molecular weight excluding hydrogens is 300 g/mol. The van der Waals surface area contributed by atoms with E-state index in [1.165, 1.54) is 0 Å². The maximum Gasteiger partial charge on any atom is 0.122 e. The molecule has 4 nitrogen and oxygen atoms in total. The first-order chi connectivity index (χ1) is 11.6. The van der Waals surface area contributed by atoms with Crippen LogP contribution in [-0.2, 0) is 0 Å². The molecule has 0 aliphatic heterocycles. The van der Waals surface area contributed by atoms with Gasteiger partial charge < -0.3 is 21.7 Å². The van der Waals surface area contributed by atoms with Crippen LogP contribution in [0.2, 0.25) is 0 Å². The van der Waals surface area contributed by atoms with Gasteiger partial charge in [0.15, 0.2) is 0 Å². The fraction of sp³-hybridized carbons (Fsp3) is 0. The van der Waals surface area contributed by atoms with Gasteiger partial charge in [-0.05, 0) is 35.6 Å². The summed E-state index contributed by atoms with van der Waals surface area (Å²) in [5, 5.41) is 21.5. The number of nitrogens with two attached hydrogens (primary N) is 2. The third kappa shape index (κ3) is 3.03. The standard InChI is InChI=1S/C20H18N2O2/c21-17-10-9-13(11-14-5-1-3-7-18(14)23)16(20(17)22)12-15-6-2-4-8-19(15)24/h1-12,23-24H,21-22H2. The van der Waals surface area contributed by atoms with Gasteiger partial charge in [0.1, 0.15) is 11.5 Å². The van der Waals surface area contributed by atoms with E-state index in [1.54, 1.807) is 42.5 Å². The third-order valence-corrected chi connectivity index (χ3v) is 3.84. The molecule has 0 fully saturated rings. The maximum absolute atomic E-state index is 10.0. The van der Waals surface area contributed by atoms with E-state index in [-0.39, 0.29) is 11.5 Å². The van der Waals surface area contributed by atoms with Crippen molar-refractivity contribution >= 4 is 23.5 Å². The van der Waals surface area contributed by atoms with Crippen LogP contribution in [0.3, 0.4) is 0 Å². The Morgan fingerprint density at radius 2 is 1.21 bits per heavy atom. The lowest BCUT2D eigenvalue weighted by atomic mass is 10.1. The maximum atomic E-state index is 10.0. The van der Waals surface area contributed by atoms with E-state index in [0.29, 0.717) is 27.7 Å². The van der Waals surface area contributed by atoms with E-state index in [1.807, 2.05) is 30.3 Å². The van der Waals surface area contributed by atoms with Crippen LogP contribution in [0.5, 0.6) is 11.5 Å². The van der Waals surface area contributed by atoms with E-state index in [2.05, 4.69) is 0 Å². The average molecular weight is 318 g/mol. The van der Waals surface area contributed by atoms with Crippen LogP contribution in [0, 0.1) is 0 Å². The van der Waals surface area contributed by atoms with Crippen LogP contribution in [0.1, 0.15) is 11.1 Å². The second-order valence-corrected chi connectivity index (χ2v) is 5.48. The van der Waals surface area contributed by atoms with Gasteiger partial charge in [-0.2, -0.15) is 0 Å². The van der Waals surface area contributed by atoms with Crippen LogP contribution in [-0.4, -0.2) is 10.2 Å². The van der Waals surface area contributed by atoms with Gasteiger partial charge in [-0.15, -0.1) is 0 Å². The molecule has 0 amide bonds. The van der Waals surface area contributed by atoms with Crippen molar-refractivity contribution in [1.29, 1.82) is 0 Å². The van der Waals surface area contributed by atoms with E-state index in [4.69, 9.17) is 11.5 Å². The quantitative estimate of drug-likeness (QED) is 0.543. The predicted molar refractivity (Wildman–Crippen MR) is 97.9 cm³/mol. The monoisotopic (exact) mass is 318 g/mol. The molecule has 0 heterocycles. The molecule has 0 radical (unpaired) electrons. The van der Waals surface area contributed by atoms with Crippen LogP contribution < -0.4 is 21.9 Å². The molecule has 0 aliphatic rings. The molecular formula is C20H18N2O2. The van der Waals surface area contributed by atoms with Crippen molar-refractivity contribution in [2.45, 2.75) is 0 Å². The molecule has 0 atom stereocenters. The molecule has 24 heavy (non-hydrogen) atoms. The van der Waals surface area contributed by atoms with Crippen LogP contribution in [0.4, 0.5) is 11.4 Å². The molecule has 0 aromatic heterocycles. The normalized spacial score (nSPS) is 12.5. The topological polar surface area (TPSA) is 92.5 Å². The number of hydrogen-bond acceptors (Lipinski definition) is 4. The Balaban J connectivity index is 2.32. The zero-order valence-electron chi connectivity index (χ0n) is 13.0. The van der Waals surface area contributed by atoms with Crippen molar-refractivity contribution in [3.63, 3.8) is 0 Å². The molecule has 6 N–H and O–H groups in total. The summed E-state index contributed by atoms with van der Waals surface area (Å²) in [6.07, 6.45) is 3.61. The number of benzene rings is 3. The van der Waals surface area contributed by atoms with Crippen molar-refractivity contribution in [3.05, 3.63) is 82.2 Å². The van der Waals surface area contributed by atoms with Crippen LogP contribution in [0.25, 0.3) is 12.2 Å². The number of nitrogen functional groups attached to an aromatic ring is 2. The summed E-state index contributed by atoms with van der Waals surface area (Å²) < 4.78 is 0. The second kappa shape index (κ2) is 6.38. The number of rotatable bonds is 2. The fourth-order valence-corrected chi connectivity index (χ4v) is 2.50. The Hall–Kier alpha value is -3.40. The molecule has 0 saturated carbocycles. The number of phenols is 2. The number of aromatic hydroxyl groups is 2. The minimum absolute atomic E-state index is 0.160. The Bertz CT molecular complexity index is 1010. The zero-order valence-corrected chi connectivity index (χ0v) is 13.0. The van der Waals surface area contributed by atoms with Crippen LogP contribution >= 0.6 is 0 Å². The van der Waals surface area contributed by atoms with Gasteiger partial charge in [0.05, 0.1) is 11.4 Å². The van der Waals surface area contributed by atoms with E-state index >= 15 is 0 Å². The summed E-state index contributed by atoms with van der Waals surface area (Å²) in [5.74, 6) is 0.342. The van der Waals surface area contributed by atoms with Crippen LogP contribution in [0.15, 0.2) is 60.7 Å². The molecule has 3 rings (SSSR count). The summed E-state index contributed by atoms with van der Waals surface area (Å²) in [4.78, 5) is 0. The molecule has 0 bridgehead atoms. The van der Waals surface area contributed by atoms with Gasteiger partial charge >= 0.3 is 0 Å². The Morgan fingerprint density at radius 3 is 1.79 bits per heavy atom. The first kappa shape index (κ1) is 15.5. The molecule has 0 unspecified atom stereocenters. The highest BCUT2D eigenvalue weighted by molar-refractivity contribution is 5.71. The largest absolute Gasteiger partial charge is 0.507 e. The van der Waals surface area contributed by atoms with Gasteiger partial charge in [0.2, 0.25) is 0 Å². The Morgan fingerprint density at radius 1 is 0.667 bits per heavy atom. The molecule has 120 valence electrons. The van der Waals surface area contributed by atoms with Gasteiger partial charge in [-0.3, -0.25) is 0 Å². The minimum Gasteiger partial charge on any atom is -0.507 e. The van der Waals surface area contributed by atoms with Crippen molar-refractivity contribution < 1.29 is 10.2 Å². The molecule has 0 spiro atoms. The van der Waals surface area contributed by atoms with Gasteiger partial charge in [-0.25, -0.2) is 0 Å². The van der Waals surface area contributed by atoms with Crippen molar-refractivity contribution in [1.82, 2.24) is 0 Å². The van der Waals surface area contributed by atoms with Gasteiger partial charge in [0, 0.05) is 16.3 Å². The first-order valence-electron chi connectivity index (χ1n) is 7.49. The summed E-state index contributed by atoms with van der Waals surface area (Å²) in [5.41, 5.74) is 14.3. The molecule has 3 aromatic carbocycles. The molecule has 0 saturated heterocycles. The smallest absolute Gasteiger partial charge is 0.122 e. The second-order valence-electron chi connectivity index (χ2n) is 5.48. The first-order valence-corrected chi connectivity index (χ1v) is 7.49. The lowest BCUT2D eigenvalue weighted by Gasteiger charge is -2.05. The Kier molecular flexibility index (Phi) is 4.12. The lowest BCUT2D eigenvalue weighted by molar-refractivity contribution is 0.473. The predicted octanol–water partition coefficient (Wildman–Crippen LogP) is 1.92. The summed E-state index contributed by atoms with van der Waals surface area (Å²) in [6.45, 7) is 0. The molecule has 4 heteroatoms. The summed E-state index contributed by atoms with van der Waals surface area (Å²) in [7, 11) is 0. The molecule has 3 aromatic rings. The number of para-hydroxylation sites is 2. The SMILES string of the molecule is Nc1ccc(=Cc2ccccc2O)c(=Cc2ccccc2O)c1N. The van der Waals surface area contributed by atoms with E-state index in [9.17, 15) is 10.2 Å². The van der Waals surface area contributed by atoms with Crippen molar-refractivity contribution in [2.75, 3.05) is 11.5 Å². The summed E-state index contributed by atoms with van der Waals surface area (Å²) in [6, 6.07) is 17.6. The number of hydrogen-bond donors (Lipinski definition) is 4. The number of anilines is 2. The fourth-order valence-electron chi connectivity index (χ4n) is 2.50. The highest BCUT2D eigenvalue weighted by Gasteiger charge is 2.02. The minimum atomic E-state index is 0.160. The average Bonchev–Trinajstić information content (AvgIpc) is 2.58. The van der Waals surface area contributed by atoms with Crippen molar-refractivity contribution in [3.8, 4) is 11.5 Å². The summed E-state index contributed by atoms with van der Waals surface area (Å²) >= 11 is 0. The van der Waals surface area contributed by atoms with Gasteiger partial charge in [0.25, 0.3) is 0 Å². The zero-order chi connectivity index (χ0) is 17.1. The molecule has 0 aliphatic carbocycles. The van der Waals surface area contributed by atoms with Gasteiger partial charge in [-0.1, -0.05) is 42.5 Å². The Labute approximate surface area is 139 Å². The van der Waals surface area contributed by atoms with E-state index in [0.717, 1.165) is 5.22 Å². The highest BCUT2D eigenvalue weighted by Crippen LogP contribution is 2.18. The lowest BCUT2D eigenvalue weighted by Crippen LogP contribution is -2.29. The number of phenolic OH excluding ortho intramolecular Hbond substituents is 2. The highest BCUT2D eigenvalue weighted by atomic mass is 16.3. The third-order valence-electron chi connectivity index (χ3n) is 3.84.